The average Bonchev–Trinajstić information content (AvgIpc) is 3.53. The molecule has 47 heavy (non-hydrogen) atoms. The highest BCUT2D eigenvalue weighted by molar-refractivity contribution is 6.22. The molecule has 0 atom stereocenters. The van der Waals surface area contributed by atoms with Gasteiger partial charge in [0.1, 0.15) is 11.2 Å². The summed E-state index contributed by atoms with van der Waals surface area (Å²) >= 11 is 0. The zero-order valence-corrected chi connectivity index (χ0v) is 25.6. The van der Waals surface area contributed by atoms with Crippen LogP contribution < -0.4 is 0 Å². The first kappa shape index (κ1) is 26.1. The summed E-state index contributed by atoms with van der Waals surface area (Å²) in [6.07, 6.45) is 0. The standard InChI is InChI=1S/C46H28O/c1-2-12-33-28-34(25-20-29(33)10-1)44-39-16-7-5-14-37(39)43(38-15-6-8-17-40(38)44)32-23-21-31(22-24-32)35-18-9-19-42-45(35)41-27-26-30-11-3-4-13-36(30)46(41)47-42/h1-28H. The van der Waals surface area contributed by atoms with Gasteiger partial charge in [-0.05, 0) is 89.3 Å². The van der Waals surface area contributed by atoms with Gasteiger partial charge in [0, 0.05) is 16.2 Å². The van der Waals surface area contributed by atoms with E-state index in [1.807, 2.05) is 0 Å². The van der Waals surface area contributed by atoms with Crippen LogP contribution in [-0.4, -0.2) is 0 Å². The molecular weight excluding hydrogens is 569 g/mol. The Balaban J connectivity index is 1.17. The molecule has 0 saturated heterocycles. The van der Waals surface area contributed by atoms with E-state index in [1.54, 1.807) is 0 Å². The normalized spacial score (nSPS) is 11.8. The zero-order chi connectivity index (χ0) is 30.9. The van der Waals surface area contributed by atoms with Crippen molar-refractivity contribution in [2.75, 3.05) is 0 Å². The largest absolute Gasteiger partial charge is 0.455 e. The van der Waals surface area contributed by atoms with Gasteiger partial charge in [-0.15, -0.1) is 0 Å². The van der Waals surface area contributed by atoms with E-state index in [4.69, 9.17) is 4.42 Å². The Hall–Kier alpha value is -6.18. The summed E-state index contributed by atoms with van der Waals surface area (Å²) in [6, 6.07) is 61.6. The van der Waals surface area contributed by atoms with Crippen LogP contribution >= 0.6 is 0 Å². The monoisotopic (exact) mass is 596 g/mol. The third kappa shape index (κ3) is 3.97. The molecule has 0 spiro atoms. The third-order valence-corrected chi connectivity index (χ3v) is 9.84. The van der Waals surface area contributed by atoms with Gasteiger partial charge in [0.2, 0.25) is 0 Å². The molecule has 9 aromatic carbocycles. The highest BCUT2D eigenvalue weighted by Gasteiger charge is 2.18. The van der Waals surface area contributed by atoms with Gasteiger partial charge in [0.15, 0.2) is 0 Å². The Labute approximate surface area is 271 Å². The van der Waals surface area contributed by atoms with Crippen molar-refractivity contribution in [3.8, 4) is 33.4 Å². The fourth-order valence-corrected chi connectivity index (χ4v) is 7.71. The van der Waals surface area contributed by atoms with Gasteiger partial charge in [-0.2, -0.15) is 0 Å². The van der Waals surface area contributed by atoms with E-state index in [1.165, 1.54) is 71.1 Å². The van der Waals surface area contributed by atoms with E-state index in [2.05, 4.69) is 170 Å². The minimum atomic E-state index is 0.916. The van der Waals surface area contributed by atoms with E-state index >= 15 is 0 Å². The van der Waals surface area contributed by atoms with Crippen molar-refractivity contribution >= 4 is 65.0 Å². The Morgan fingerprint density at radius 3 is 1.55 bits per heavy atom. The Morgan fingerprint density at radius 1 is 0.319 bits per heavy atom. The summed E-state index contributed by atoms with van der Waals surface area (Å²) in [6.45, 7) is 0. The Bertz CT molecular complexity index is 2780. The SMILES string of the molecule is c1ccc2cc(-c3c4ccccc4c(-c4ccc(-c5cccc6oc7c8ccccc8ccc7c56)cc4)c4ccccc34)ccc2c1. The average molecular weight is 597 g/mol. The van der Waals surface area contributed by atoms with Gasteiger partial charge in [0.05, 0.1) is 0 Å². The topological polar surface area (TPSA) is 13.1 Å². The first-order valence-electron chi connectivity index (χ1n) is 16.2. The van der Waals surface area contributed by atoms with Crippen LogP contribution in [0.1, 0.15) is 0 Å². The zero-order valence-electron chi connectivity index (χ0n) is 25.6. The lowest BCUT2D eigenvalue weighted by Gasteiger charge is -2.18. The first-order chi connectivity index (χ1) is 23.3. The maximum Gasteiger partial charge on any atom is 0.143 e. The highest BCUT2D eigenvalue weighted by atomic mass is 16.3. The van der Waals surface area contributed by atoms with Crippen molar-refractivity contribution in [3.63, 3.8) is 0 Å². The summed E-state index contributed by atoms with van der Waals surface area (Å²) in [5.74, 6) is 0. The van der Waals surface area contributed by atoms with Gasteiger partial charge >= 0.3 is 0 Å². The van der Waals surface area contributed by atoms with Crippen LogP contribution in [0.2, 0.25) is 0 Å². The molecule has 0 unspecified atom stereocenters. The lowest BCUT2D eigenvalue weighted by atomic mass is 9.85. The molecule has 10 rings (SSSR count). The van der Waals surface area contributed by atoms with Crippen molar-refractivity contribution in [3.05, 3.63) is 170 Å². The number of furan rings is 1. The van der Waals surface area contributed by atoms with Crippen molar-refractivity contribution in [1.29, 1.82) is 0 Å². The molecule has 0 bridgehead atoms. The second kappa shape index (κ2) is 10.2. The molecule has 0 amide bonds. The van der Waals surface area contributed by atoms with Crippen LogP contribution in [0.3, 0.4) is 0 Å². The van der Waals surface area contributed by atoms with Gasteiger partial charge in [-0.25, -0.2) is 0 Å². The van der Waals surface area contributed by atoms with Crippen molar-refractivity contribution < 1.29 is 4.42 Å². The highest BCUT2D eigenvalue weighted by Crippen LogP contribution is 2.45. The first-order valence-corrected chi connectivity index (χ1v) is 16.2. The molecule has 0 aliphatic carbocycles. The van der Waals surface area contributed by atoms with E-state index in [9.17, 15) is 0 Å². The molecule has 0 fully saturated rings. The molecule has 1 heteroatoms. The van der Waals surface area contributed by atoms with E-state index in [-0.39, 0.29) is 0 Å². The molecule has 1 heterocycles. The van der Waals surface area contributed by atoms with E-state index in [0.29, 0.717) is 0 Å². The van der Waals surface area contributed by atoms with Crippen LogP contribution in [0.5, 0.6) is 0 Å². The number of benzene rings is 9. The summed E-state index contributed by atoms with van der Waals surface area (Å²) < 4.78 is 6.49. The predicted octanol–water partition coefficient (Wildman–Crippen LogP) is 13.2. The quantitative estimate of drug-likeness (QED) is 0.185. The number of fused-ring (bicyclic) bond motifs is 8. The molecule has 1 nitrogen and oxygen atoms in total. The van der Waals surface area contributed by atoms with Crippen molar-refractivity contribution in [1.82, 2.24) is 0 Å². The summed E-state index contributed by atoms with van der Waals surface area (Å²) in [5.41, 5.74) is 9.23. The fourth-order valence-electron chi connectivity index (χ4n) is 7.71. The molecule has 0 radical (unpaired) electrons. The minimum Gasteiger partial charge on any atom is -0.455 e. The smallest absolute Gasteiger partial charge is 0.143 e. The number of hydrogen-bond acceptors (Lipinski definition) is 1. The molecule has 0 aliphatic heterocycles. The van der Waals surface area contributed by atoms with Crippen LogP contribution in [0, 0.1) is 0 Å². The molecule has 218 valence electrons. The van der Waals surface area contributed by atoms with Crippen molar-refractivity contribution in [2.24, 2.45) is 0 Å². The van der Waals surface area contributed by atoms with Gasteiger partial charge in [-0.3, -0.25) is 0 Å². The Morgan fingerprint density at radius 2 is 0.851 bits per heavy atom. The molecule has 0 N–H and O–H groups in total. The second-order valence-electron chi connectivity index (χ2n) is 12.4. The predicted molar refractivity (Wildman–Crippen MR) is 200 cm³/mol. The fraction of sp³-hybridized carbons (Fsp3) is 0. The van der Waals surface area contributed by atoms with Crippen LogP contribution in [0.25, 0.3) is 98.4 Å². The number of rotatable bonds is 3. The van der Waals surface area contributed by atoms with Crippen LogP contribution in [-0.2, 0) is 0 Å². The minimum absolute atomic E-state index is 0.916. The maximum atomic E-state index is 6.49. The summed E-state index contributed by atoms with van der Waals surface area (Å²) in [4.78, 5) is 0. The van der Waals surface area contributed by atoms with Crippen LogP contribution in [0.15, 0.2) is 174 Å². The van der Waals surface area contributed by atoms with Gasteiger partial charge in [-0.1, -0.05) is 152 Å². The molecule has 0 saturated carbocycles. The van der Waals surface area contributed by atoms with Gasteiger partial charge < -0.3 is 4.42 Å². The Kier molecular flexibility index (Phi) is 5.64. The van der Waals surface area contributed by atoms with Gasteiger partial charge in [0.25, 0.3) is 0 Å². The summed E-state index contributed by atoms with van der Waals surface area (Å²) in [7, 11) is 0. The summed E-state index contributed by atoms with van der Waals surface area (Å²) in [5, 5.41) is 12.2. The maximum absolute atomic E-state index is 6.49. The molecule has 10 aromatic rings. The number of hydrogen-bond donors (Lipinski definition) is 0. The lowest BCUT2D eigenvalue weighted by Crippen LogP contribution is -1.91. The van der Waals surface area contributed by atoms with E-state index < -0.39 is 0 Å². The van der Waals surface area contributed by atoms with Crippen LogP contribution in [0.4, 0.5) is 0 Å². The third-order valence-electron chi connectivity index (χ3n) is 9.84. The lowest BCUT2D eigenvalue weighted by molar-refractivity contribution is 0.673. The van der Waals surface area contributed by atoms with E-state index in [0.717, 1.165) is 27.3 Å². The van der Waals surface area contributed by atoms with Crippen molar-refractivity contribution in [2.45, 2.75) is 0 Å². The molecular formula is C46H28O. The molecule has 0 aliphatic rings. The molecule has 1 aromatic heterocycles. The second-order valence-corrected chi connectivity index (χ2v) is 12.4.